The number of rotatable bonds is 3. The van der Waals surface area contributed by atoms with Crippen molar-refractivity contribution in [3.63, 3.8) is 0 Å². The second-order valence-corrected chi connectivity index (χ2v) is 3.83. The van der Waals surface area contributed by atoms with E-state index in [4.69, 9.17) is 22.1 Å². The predicted octanol–water partition coefficient (Wildman–Crippen LogP) is 2.26. The van der Waals surface area contributed by atoms with E-state index >= 15 is 0 Å². The number of nitrogens with two attached hydrogens (primary N) is 1. The van der Waals surface area contributed by atoms with Gasteiger partial charge in [-0.3, -0.25) is 0 Å². The Labute approximate surface area is 104 Å². The number of benzene rings is 1. The third kappa shape index (κ3) is 2.38. The normalized spacial score (nSPS) is 10.3. The van der Waals surface area contributed by atoms with Gasteiger partial charge in [0.05, 0.1) is 7.11 Å². The zero-order valence-electron chi connectivity index (χ0n) is 9.35. The molecule has 0 aliphatic carbocycles. The average Bonchev–Trinajstić information content (AvgIpc) is 2.39. The maximum Gasteiger partial charge on any atom is 0.240 e. The first-order chi connectivity index (χ1) is 8.26. The number of nitrogens with zero attached hydrogens (tertiary/aromatic N) is 2. The molecule has 0 bridgehead atoms. The van der Waals surface area contributed by atoms with E-state index in [9.17, 15) is 0 Å². The second kappa shape index (κ2) is 5.12. The molecule has 0 radical (unpaired) electrons. The summed E-state index contributed by atoms with van der Waals surface area (Å²) in [5.41, 5.74) is 8.06. The molecule has 2 N–H and O–H groups in total. The number of hydrogen-bond donors (Lipinski definition) is 1. The summed E-state index contributed by atoms with van der Waals surface area (Å²) in [7, 11) is 1.56. The van der Waals surface area contributed by atoms with Crippen LogP contribution in [-0.2, 0) is 6.54 Å². The standard InChI is InChI=1S/C12H12ClN3O/c1-17-12-11(15-4-5-16-12)8-2-3-10(13)9(6-8)7-14/h2-6H,7,14H2,1H3. The molecule has 0 fully saturated rings. The van der Waals surface area contributed by atoms with Crippen molar-refractivity contribution in [2.24, 2.45) is 5.73 Å². The van der Waals surface area contributed by atoms with Crippen molar-refractivity contribution in [1.29, 1.82) is 0 Å². The number of methoxy groups -OCH3 is 1. The molecule has 1 aromatic heterocycles. The highest BCUT2D eigenvalue weighted by atomic mass is 35.5. The van der Waals surface area contributed by atoms with Crippen molar-refractivity contribution in [1.82, 2.24) is 9.97 Å². The summed E-state index contributed by atoms with van der Waals surface area (Å²) in [6, 6.07) is 5.57. The maximum atomic E-state index is 6.01. The van der Waals surface area contributed by atoms with Crippen LogP contribution in [-0.4, -0.2) is 17.1 Å². The average molecular weight is 250 g/mol. The van der Waals surface area contributed by atoms with Gasteiger partial charge in [-0.05, 0) is 17.7 Å². The summed E-state index contributed by atoms with van der Waals surface area (Å²) in [5, 5.41) is 0.652. The third-order valence-corrected chi connectivity index (χ3v) is 2.77. The Bertz CT molecular complexity index is 531. The van der Waals surface area contributed by atoms with Gasteiger partial charge in [0, 0.05) is 29.5 Å². The zero-order chi connectivity index (χ0) is 12.3. The molecule has 88 valence electrons. The first-order valence-corrected chi connectivity index (χ1v) is 5.48. The van der Waals surface area contributed by atoms with Gasteiger partial charge in [-0.25, -0.2) is 9.97 Å². The molecule has 0 saturated carbocycles. The molecular weight excluding hydrogens is 238 g/mol. The van der Waals surface area contributed by atoms with E-state index in [0.29, 0.717) is 23.1 Å². The van der Waals surface area contributed by atoms with Crippen molar-refractivity contribution >= 4 is 11.6 Å². The van der Waals surface area contributed by atoms with Crippen molar-refractivity contribution in [3.8, 4) is 17.1 Å². The van der Waals surface area contributed by atoms with Gasteiger partial charge in [0.15, 0.2) is 0 Å². The second-order valence-electron chi connectivity index (χ2n) is 3.42. The largest absolute Gasteiger partial charge is 0.479 e. The fraction of sp³-hybridized carbons (Fsp3) is 0.167. The molecule has 1 heterocycles. The van der Waals surface area contributed by atoms with Crippen LogP contribution in [0.3, 0.4) is 0 Å². The van der Waals surface area contributed by atoms with Crippen LogP contribution in [0, 0.1) is 0 Å². The maximum absolute atomic E-state index is 6.01. The van der Waals surface area contributed by atoms with Crippen LogP contribution in [0.2, 0.25) is 5.02 Å². The van der Waals surface area contributed by atoms with E-state index in [1.54, 1.807) is 25.6 Å². The minimum atomic E-state index is 0.384. The van der Waals surface area contributed by atoms with E-state index < -0.39 is 0 Å². The Hall–Kier alpha value is -1.65. The van der Waals surface area contributed by atoms with Gasteiger partial charge >= 0.3 is 0 Å². The van der Waals surface area contributed by atoms with Gasteiger partial charge in [-0.1, -0.05) is 17.7 Å². The van der Waals surface area contributed by atoms with Gasteiger partial charge in [0.2, 0.25) is 5.88 Å². The van der Waals surface area contributed by atoms with E-state index in [0.717, 1.165) is 11.1 Å². The van der Waals surface area contributed by atoms with E-state index in [-0.39, 0.29) is 0 Å². The molecule has 0 spiro atoms. The molecule has 0 saturated heterocycles. The molecule has 0 atom stereocenters. The first kappa shape index (κ1) is 11.8. The summed E-state index contributed by atoms with van der Waals surface area (Å²) in [6.45, 7) is 0.384. The van der Waals surface area contributed by atoms with Gasteiger partial charge in [0.25, 0.3) is 0 Å². The van der Waals surface area contributed by atoms with Crippen LogP contribution in [0.5, 0.6) is 5.88 Å². The summed E-state index contributed by atoms with van der Waals surface area (Å²) < 4.78 is 5.17. The molecule has 2 rings (SSSR count). The molecule has 0 amide bonds. The van der Waals surface area contributed by atoms with Crippen LogP contribution in [0.1, 0.15) is 5.56 Å². The zero-order valence-corrected chi connectivity index (χ0v) is 10.1. The molecule has 5 heteroatoms. The van der Waals surface area contributed by atoms with Crippen molar-refractivity contribution in [2.75, 3.05) is 7.11 Å². The summed E-state index contributed by atoms with van der Waals surface area (Å²) in [4.78, 5) is 8.36. The number of halogens is 1. The van der Waals surface area contributed by atoms with Crippen molar-refractivity contribution < 1.29 is 4.74 Å². The monoisotopic (exact) mass is 249 g/mol. The smallest absolute Gasteiger partial charge is 0.240 e. The quantitative estimate of drug-likeness (QED) is 0.907. The highest BCUT2D eigenvalue weighted by Gasteiger charge is 2.09. The van der Waals surface area contributed by atoms with E-state index in [2.05, 4.69) is 9.97 Å². The van der Waals surface area contributed by atoms with Gasteiger partial charge in [-0.15, -0.1) is 0 Å². The number of aromatic nitrogens is 2. The summed E-state index contributed by atoms with van der Waals surface area (Å²) in [5.74, 6) is 0.484. The Morgan fingerprint density at radius 3 is 2.76 bits per heavy atom. The lowest BCUT2D eigenvalue weighted by molar-refractivity contribution is 0.398. The van der Waals surface area contributed by atoms with Gasteiger partial charge in [0.1, 0.15) is 5.69 Å². The molecule has 17 heavy (non-hydrogen) atoms. The lowest BCUT2D eigenvalue weighted by Crippen LogP contribution is -1.99. The van der Waals surface area contributed by atoms with Crippen LogP contribution in [0.15, 0.2) is 30.6 Å². The molecule has 0 unspecified atom stereocenters. The summed E-state index contributed by atoms with van der Waals surface area (Å²) >= 11 is 6.01. The Morgan fingerprint density at radius 1 is 1.29 bits per heavy atom. The summed E-state index contributed by atoms with van der Waals surface area (Å²) in [6.07, 6.45) is 3.21. The Balaban J connectivity index is 2.53. The number of hydrogen-bond acceptors (Lipinski definition) is 4. The molecule has 2 aromatic rings. The first-order valence-electron chi connectivity index (χ1n) is 5.10. The third-order valence-electron chi connectivity index (χ3n) is 2.40. The Morgan fingerprint density at radius 2 is 2.06 bits per heavy atom. The number of ether oxygens (including phenoxy) is 1. The SMILES string of the molecule is COc1nccnc1-c1ccc(Cl)c(CN)c1. The molecule has 0 aliphatic rings. The van der Waals surface area contributed by atoms with Crippen LogP contribution >= 0.6 is 11.6 Å². The Kier molecular flexibility index (Phi) is 3.56. The molecular formula is C12H12ClN3O. The van der Waals surface area contributed by atoms with E-state index in [1.165, 1.54) is 0 Å². The van der Waals surface area contributed by atoms with Crippen molar-refractivity contribution in [2.45, 2.75) is 6.54 Å². The molecule has 4 nitrogen and oxygen atoms in total. The molecule has 1 aromatic carbocycles. The fourth-order valence-corrected chi connectivity index (χ4v) is 1.75. The van der Waals surface area contributed by atoms with Gasteiger partial charge in [-0.2, -0.15) is 0 Å². The van der Waals surface area contributed by atoms with Crippen LogP contribution in [0.25, 0.3) is 11.3 Å². The minimum Gasteiger partial charge on any atom is -0.479 e. The highest BCUT2D eigenvalue weighted by molar-refractivity contribution is 6.31. The fourth-order valence-electron chi connectivity index (χ4n) is 1.55. The highest BCUT2D eigenvalue weighted by Crippen LogP contribution is 2.28. The lowest BCUT2D eigenvalue weighted by atomic mass is 10.1. The van der Waals surface area contributed by atoms with Crippen molar-refractivity contribution in [3.05, 3.63) is 41.2 Å². The topological polar surface area (TPSA) is 61.0 Å². The predicted molar refractivity (Wildman–Crippen MR) is 66.9 cm³/mol. The van der Waals surface area contributed by atoms with E-state index in [1.807, 2.05) is 12.1 Å². The van der Waals surface area contributed by atoms with Crippen LogP contribution < -0.4 is 10.5 Å². The molecule has 0 aliphatic heterocycles. The minimum absolute atomic E-state index is 0.384. The van der Waals surface area contributed by atoms with Crippen LogP contribution in [0.4, 0.5) is 0 Å². The lowest BCUT2D eigenvalue weighted by Gasteiger charge is -2.08. The van der Waals surface area contributed by atoms with Gasteiger partial charge < -0.3 is 10.5 Å².